The van der Waals surface area contributed by atoms with E-state index in [1.54, 1.807) is 6.26 Å². The Labute approximate surface area is 94.9 Å². The van der Waals surface area contributed by atoms with Gasteiger partial charge in [-0.05, 0) is 37.4 Å². The zero-order chi connectivity index (χ0) is 11.5. The molecule has 4 nitrogen and oxygen atoms in total. The fourth-order valence-corrected chi connectivity index (χ4v) is 2.24. The summed E-state index contributed by atoms with van der Waals surface area (Å²) in [5.74, 6) is 0.605. The fraction of sp³-hybridized carbons (Fsp3) is 0.583. The van der Waals surface area contributed by atoms with Crippen molar-refractivity contribution in [2.45, 2.75) is 32.4 Å². The number of rotatable bonds is 3. The molecule has 16 heavy (non-hydrogen) atoms. The predicted molar refractivity (Wildman–Crippen MR) is 58.9 cm³/mol. The number of carbonyl (C=O) groups is 1. The third-order valence-electron chi connectivity index (χ3n) is 3.20. The standard InChI is InChI=1S/C12H17NO3/c1-9-4-5-13(11(7-9)12(14)15)8-10-3-2-6-16-10/h2-3,6,9,11H,4-5,7-8H2,1H3,(H,14,15). The number of piperidine rings is 1. The Hall–Kier alpha value is -1.29. The van der Waals surface area contributed by atoms with Crippen LogP contribution in [0, 0.1) is 5.92 Å². The normalized spacial score (nSPS) is 26.8. The second kappa shape index (κ2) is 4.70. The molecule has 1 saturated heterocycles. The molecule has 1 N–H and O–H groups in total. The molecule has 2 unspecified atom stereocenters. The maximum absolute atomic E-state index is 11.2. The van der Waals surface area contributed by atoms with E-state index in [0.29, 0.717) is 12.5 Å². The monoisotopic (exact) mass is 223 g/mol. The summed E-state index contributed by atoms with van der Waals surface area (Å²) in [6, 6.07) is 3.35. The third-order valence-corrected chi connectivity index (χ3v) is 3.20. The summed E-state index contributed by atoms with van der Waals surface area (Å²) in [5, 5.41) is 9.18. The fourth-order valence-electron chi connectivity index (χ4n) is 2.24. The van der Waals surface area contributed by atoms with Crippen molar-refractivity contribution < 1.29 is 14.3 Å². The van der Waals surface area contributed by atoms with Gasteiger partial charge >= 0.3 is 5.97 Å². The topological polar surface area (TPSA) is 53.7 Å². The number of hydrogen-bond acceptors (Lipinski definition) is 3. The second-order valence-corrected chi connectivity index (χ2v) is 4.53. The Morgan fingerprint density at radius 3 is 3.12 bits per heavy atom. The minimum atomic E-state index is -0.724. The molecule has 2 heterocycles. The number of carboxylic acids is 1. The number of nitrogens with zero attached hydrogens (tertiary/aromatic N) is 1. The minimum absolute atomic E-state index is 0.367. The Morgan fingerprint density at radius 1 is 1.69 bits per heavy atom. The molecule has 2 rings (SSSR count). The van der Waals surface area contributed by atoms with Crippen LogP contribution in [-0.2, 0) is 11.3 Å². The Bertz CT molecular complexity index is 347. The smallest absolute Gasteiger partial charge is 0.320 e. The van der Waals surface area contributed by atoms with E-state index in [1.807, 2.05) is 17.0 Å². The second-order valence-electron chi connectivity index (χ2n) is 4.53. The van der Waals surface area contributed by atoms with Crippen LogP contribution in [0.3, 0.4) is 0 Å². The molecule has 0 spiro atoms. The van der Waals surface area contributed by atoms with Crippen LogP contribution in [0.25, 0.3) is 0 Å². The van der Waals surface area contributed by atoms with E-state index in [9.17, 15) is 9.90 Å². The number of hydrogen-bond donors (Lipinski definition) is 1. The summed E-state index contributed by atoms with van der Waals surface area (Å²) in [6.45, 7) is 3.54. The van der Waals surface area contributed by atoms with Crippen LogP contribution in [0.2, 0.25) is 0 Å². The first-order valence-electron chi connectivity index (χ1n) is 5.66. The zero-order valence-corrected chi connectivity index (χ0v) is 9.43. The van der Waals surface area contributed by atoms with Crippen molar-refractivity contribution in [1.29, 1.82) is 0 Å². The lowest BCUT2D eigenvalue weighted by Crippen LogP contribution is -2.46. The van der Waals surface area contributed by atoms with Gasteiger partial charge in [0.2, 0.25) is 0 Å². The molecule has 1 aliphatic heterocycles. The van der Waals surface area contributed by atoms with Gasteiger partial charge in [-0.1, -0.05) is 6.92 Å². The molecule has 0 radical (unpaired) electrons. The maximum Gasteiger partial charge on any atom is 0.320 e. The van der Waals surface area contributed by atoms with Crippen LogP contribution in [0.5, 0.6) is 0 Å². The molecule has 1 aromatic heterocycles. The molecule has 4 heteroatoms. The van der Waals surface area contributed by atoms with Crippen LogP contribution in [-0.4, -0.2) is 28.6 Å². The van der Waals surface area contributed by atoms with E-state index in [1.165, 1.54) is 0 Å². The van der Waals surface area contributed by atoms with Crippen LogP contribution in [0.1, 0.15) is 25.5 Å². The highest BCUT2D eigenvalue weighted by molar-refractivity contribution is 5.73. The number of carboxylic acid groups (broad SMARTS) is 1. The summed E-state index contributed by atoms with van der Waals surface area (Å²) in [4.78, 5) is 13.2. The molecule has 1 fully saturated rings. The van der Waals surface area contributed by atoms with E-state index >= 15 is 0 Å². The van der Waals surface area contributed by atoms with E-state index in [0.717, 1.165) is 25.1 Å². The molecular weight excluding hydrogens is 206 g/mol. The molecule has 1 aliphatic rings. The first-order chi connectivity index (χ1) is 7.66. The summed E-state index contributed by atoms with van der Waals surface area (Å²) in [7, 11) is 0. The van der Waals surface area contributed by atoms with Crippen molar-refractivity contribution in [3.63, 3.8) is 0 Å². The third kappa shape index (κ3) is 2.44. The van der Waals surface area contributed by atoms with Crippen molar-refractivity contribution in [2.75, 3.05) is 6.54 Å². The predicted octanol–water partition coefficient (Wildman–Crippen LogP) is 1.96. The first-order valence-corrected chi connectivity index (χ1v) is 5.66. The Morgan fingerprint density at radius 2 is 2.50 bits per heavy atom. The molecule has 88 valence electrons. The molecule has 0 saturated carbocycles. The first kappa shape index (κ1) is 11.2. The van der Waals surface area contributed by atoms with E-state index in [2.05, 4.69) is 6.92 Å². The van der Waals surface area contributed by atoms with Crippen LogP contribution < -0.4 is 0 Å². The lowest BCUT2D eigenvalue weighted by molar-refractivity contribution is -0.145. The highest BCUT2D eigenvalue weighted by atomic mass is 16.4. The maximum atomic E-state index is 11.2. The van der Waals surface area contributed by atoms with Gasteiger partial charge in [-0.25, -0.2) is 0 Å². The van der Waals surface area contributed by atoms with E-state index in [-0.39, 0.29) is 6.04 Å². The van der Waals surface area contributed by atoms with Gasteiger partial charge < -0.3 is 9.52 Å². The summed E-state index contributed by atoms with van der Waals surface area (Å²) in [6.07, 6.45) is 3.41. The zero-order valence-electron chi connectivity index (χ0n) is 9.43. The largest absolute Gasteiger partial charge is 0.480 e. The van der Waals surface area contributed by atoms with Crippen LogP contribution in [0.4, 0.5) is 0 Å². The molecule has 0 aromatic carbocycles. The average molecular weight is 223 g/mol. The van der Waals surface area contributed by atoms with Crippen LogP contribution in [0.15, 0.2) is 22.8 Å². The molecule has 0 amide bonds. The average Bonchev–Trinajstić information content (AvgIpc) is 2.73. The molecular formula is C12H17NO3. The Balaban J connectivity index is 2.04. The molecule has 1 aromatic rings. The van der Waals surface area contributed by atoms with Crippen molar-refractivity contribution in [3.8, 4) is 0 Å². The number of furan rings is 1. The van der Waals surface area contributed by atoms with E-state index < -0.39 is 5.97 Å². The van der Waals surface area contributed by atoms with Gasteiger partial charge in [0.25, 0.3) is 0 Å². The lowest BCUT2D eigenvalue weighted by Gasteiger charge is -2.35. The van der Waals surface area contributed by atoms with Gasteiger partial charge in [0.1, 0.15) is 11.8 Å². The highest BCUT2D eigenvalue weighted by Crippen LogP contribution is 2.24. The number of likely N-dealkylation sites (tertiary alicyclic amines) is 1. The van der Waals surface area contributed by atoms with Crippen LogP contribution >= 0.6 is 0 Å². The number of aliphatic carboxylic acids is 1. The van der Waals surface area contributed by atoms with Gasteiger partial charge in [0, 0.05) is 0 Å². The van der Waals surface area contributed by atoms with Crippen molar-refractivity contribution >= 4 is 5.97 Å². The summed E-state index contributed by atoms with van der Waals surface area (Å²) >= 11 is 0. The summed E-state index contributed by atoms with van der Waals surface area (Å²) < 4.78 is 5.26. The minimum Gasteiger partial charge on any atom is -0.480 e. The van der Waals surface area contributed by atoms with Gasteiger partial charge in [0.05, 0.1) is 12.8 Å². The SMILES string of the molecule is CC1CCN(Cc2ccco2)C(C(=O)O)C1. The highest BCUT2D eigenvalue weighted by Gasteiger charge is 2.31. The Kier molecular flexibility index (Phi) is 3.29. The molecule has 2 atom stereocenters. The van der Waals surface area contributed by atoms with Gasteiger partial charge in [-0.15, -0.1) is 0 Å². The van der Waals surface area contributed by atoms with E-state index in [4.69, 9.17) is 4.42 Å². The van der Waals surface area contributed by atoms with Crippen molar-refractivity contribution in [2.24, 2.45) is 5.92 Å². The molecule has 0 aliphatic carbocycles. The van der Waals surface area contributed by atoms with Gasteiger partial charge in [-0.3, -0.25) is 9.69 Å². The van der Waals surface area contributed by atoms with Crippen molar-refractivity contribution in [1.82, 2.24) is 4.90 Å². The van der Waals surface area contributed by atoms with Gasteiger partial charge in [0.15, 0.2) is 0 Å². The van der Waals surface area contributed by atoms with Crippen molar-refractivity contribution in [3.05, 3.63) is 24.2 Å². The molecule has 0 bridgehead atoms. The van der Waals surface area contributed by atoms with Gasteiger partial charge in [-0.2, -0.15) is 0 Å². The lowest BCUT2D eigenvalue weighted by atomic mass is 9.92. The quantitative estimate of drug-likeness (QED) is 0.851. The summed E-state index contributed by atoms with van der Waals surface area (Å²) in [5.41, 5.74) is 0.